The van der Waals surface area contributed by atoms with Crippen LogP contribution in [0.3, 0.4) is 0 Å². The van der Waals surface area contributed by atoms with Crippen LogP contribution in [0.2, 0.25) is 0 Å². The number of ketones is 1. The van der Waals surface area contributed by atoms with Gasteiger partial charge >= 0.3 is 5.91 Å². The van der Waals surface area contributed by atoms with Gasteiger partial charge in [0.1, 0.15) is 17.3 Å². The first kappa shape index (κ1) is 29.9. The minimum Gasteiger partial charge on any atom is -0.507 e. The van der Waals surface area contributed by atoms with Gasteiger partial charge in [-0.15, -0.1) is 0 Å². The number of hydrogen-bond donors (Lipinski definition) is 1. The number of nitrogens with zero attached hydrogens (tertiary/aromatic N) is 2. The van der Waals surface area contributed by atoms with Crippen molar-refractivity contribution in [2.24, 2.45) is 0 Å². The number of thiazole rings is 1. The summed E-state index contributed by atoms with van der Waals surface area (Å²) in [4.78, 5) is 33.5. The Balaban J connectivity index is 1.67. The van der Waals surface area contributed by atoms with Gasteiger partial charge in [0.25, 0.3) is 5.78 Å². The van der Waals surface area contributed by atoms with Crippen LogP contribution in [0.1, 0.15) is 50.8 Å². The molecule has 1 fully saturated rings. The number of unbranched alkanes of at least 4 members (excludes halogenated alkanes) is 1. The SMILES string of the molecule is CCCCOc1ccc(C2C(=C(O)c3ccc(OC)cc3)C(=O)C(=O)N2c2nc3ccc(OCC)cc3s2)cc1OCC. The van der Waals surface area contributed by atoms with Crippen LogP contribution < -0.4 is 23.8 Å². The molecule has 1 aliphatic rings. The third kappa shape index (κ3) is 6.01. The molecule has 9 nitrogen and oxygen atoms in total. The molecule has 5 rings (SSSR count). The van der Waals surface area contributed by atoms with Crippen molar-refractivity contribution >= 4 is 44.1 Å². The summed E-state index contributed by atoms with van der Waals surface area (Å²) < 4.78 is 23.6. The Morgan fingerprint density at radius 3 is 2.35 bits per heavy atom. The van der Waals surface area contributed by atoms with Crippen LogP contribution in [0, 0.1) is 0 Å². The predicted molar refractivity (Wildman–Crippen MR) is 167 cm³/mol. The third-order valence-corrected chi connectivity index (χ3v) is 8.03. The molecule has 0 radical (unpaired) electrons. The Bertz CT molecular complexity index is 1660. The number of aliphatic hydroxyl groups is 1. The molecule has 1 saturated heterocycles. The first-order valence-corrected chi connectivity index (χ1v) is 15.1. The first-order valence-electron chi connectivity index (χ1n) is 14.3. The molecule has 0 spiro atoms. The second-order valence-corrected chi connectivity index (χ2v) is 10.8. The molecule has 0 aliphatic carbocycles. The van der Waals surface area contributed by atoms with Crippen molar-refractivity contribution in [2.45, 2.75) is 39.7 Å². The lowest BCUT2D eigenvalue weighted by molar-refractivity contribution is -0.132. The number of aromatic nitrogens is 1. The van der Waals surface area contributed by atoms with Crippen LogP contribution in [0.4, 0.5) is 5.13 Å². The van der Waals surface area contributed by atoms with Gasteiger partial charge in [-0.3, -0.25) is 14.5 Å². The van der Waals surface area contributed by atoms with Crippen molar-refractivity contribution in [3.63, 3.8) is 0 Å². The van der Waals surface area contributed by atoms with E-state index in [-0.39, 0.29) is 11.3 Å². The van der Waals surface area contributed by atoms with E-state index in [2.05, 4.69) is 6.92 Å². The summed E-state index contributed by atoms with van der Waals surface area (Å²) in [5, 5.41) is 11.8. The molecule has 10 heteroatoms. The number of aliphatic hydroxyl groups excluding tert-OH is 1. The zero-order valence-electron chi connectivity index (χ0n) is 24.6. The van der Waals surface area contributed by atoms with Crippen molar-refractivity contribution in [1.82, 2.24) is 4.98 Å². The van der Waals surface area contributed by atoms with Crippen LogP contribution in [0.25, 0.3) is 16.0 Å². The summed E-state index contributed by atoms with van der Waals surface area (Å²) in [6.07, 6.45) is 1.87. The number of fused-ring (bicyclic) bond motifs is 1. The van der Waals surface area contributed by atoms with Gasteiger partial charge in [0.2, 0.25) is 0 Å². The molecule has 43 heavy (non-hydrogen) atoms. The lowest BCUT2D eigenvalue weighted by Crippen LogP contribution is -2.29. The molecular formula is C33H34N2O7S. The van der Waals surface area contributed by atoms with E-state index in [4.69, 9.17) is 23.9 Å². The molecule has 3 aromatic carbocycles. The van der Waals surface area contributed by atoms with E-state index in [1.807, 2.05) is 32.0 Å². The highest BCUT2D eigenvalue weighted by Gasteiger charge is 2.48. The summed E-state index contributed by atoms with van der Waals surface area (Å²) >= 11 is 1.27. The van der Waals surface area contributed by atoms with Crippen molar-refractivity contribution in [3.8, 4) is 23.0 Å². The van der Waals surface area contributed by atoms with E-state index in [9.17, 15) is 14.7 Å². The maximum Gasteiger partial charge on any atom is 0.301 e. The van der Waals surface area contributed by atoms with E-state index in [1.165, 1.54) is 16.2 Å². The fourth-order valence-electron chi connectivity index (χ4n) is 4.91. The second-order valence-electron chi connectivity index (χ2n) is 9.80. The van der Waals surface area contributed by atoms with Crippen LogP contribution in [0.5, 0.6) is 23.0 Å². The number of hydrogen-bond acceptors (Lipinski definition) is 9. The lowest BCUT2D eigenvalue weighted by atomic mass is 9.95. The Kier molecular flexibility index (Phi) is 9.16. The van der Waals surface area contributed by atoms with E-state index in [0.29, 0.717) is 64.6 Å². The van der Waals surface area contributed by atoms with Gasteiger partial charge in [-0.05, 0) is 80.4 Å². The number of rotatable bonds is 12. The zero-order chi connectivity index (χ0) is 30.5. The molecule has 1 atom stereocenters. The molecular weight excluding hydrogens is 568 g/mol. The molecule has 224 valence electrons. The van der Waals surface area contributed by atoms with Gasteiger partial charge in [-0.25, -0.2) is 4.98 Å². The Morgan fingerprint density at radius 1 is 0.907 bits per heavy atom. The van der Waals surface area contributed by atoms with Crippen LogP contribution in [0.15, 0.2) is 66.2 Å². The maximum absolute atomic E-state index is 13.7. The number of Topliss-reactive ketones (excluding diaryl/α,β-unsaturated/α-hetero) is 1. The maximum atomic E-state index is 13.7. The van der Waals surface area contributed by atoms with Gasteiger partial charge in [0.05, 0.1) is 48.8 Å². The number of carbonyl (C=O) groups is 2. The predicted octanol–water partition coefficient (Wildman–Crippen LogP) is 6.91. The van der Waals surface area contributed by atoms with Crippen molar-refractivity contribution in [3.05, 3.63) is 77.4 Å². The normalized spacial score (nSPS) is 16.1. The molecule has 1 N–H and O–H groups in total. The fraction of sp³-hybridized carbons (Fsp3) is 0.303. The first-order chi connectivity index (χ1) is 20.9. The van der Waals surface area contributed by atoms with Crippen LogP contribution in [-0.4, -0.2) is 48.7 Å². The smallest absolute Gasteiger partial charge is 0.301 e. The molecule has 2 heterocycles. The van der Waals surface area contributed by atoms with Crippen molar-refractivity contribution in [1.29, 1.82) is 0 Å². The van der Waals surface area contributed by atoms with Crippen LogP contribution in [-0.2, 0) is 9.59 Å². The summed E-state index contributed by atoms with van der Waals surface area (Å²) in [5.74, 6) is 0.429. The average molecular weight is 603 g/mol. The van der Waals surface area contributed by atoms with E-state index in [0.717, 1.165) is 17.5 Å². The minimum atomic E-state index is -0.974. The van der Waals surface area contributed by atoms with Crippen molar-refractivity contribution in [2.75, 3.05) is 31.8 Å². The highest BCUT2D eigenvalue weighted by atomic mass is 32.1. The molecule has 4 aromatic rings. The molecule has 1 aromatic heterocycles. The second kappa shape index (κ2) is 13.2. The number of benzene rings is 3. The summed E-state index contributed by atoms with van der Waals surface area (Å²) in [5.41, 5.74) is 1.55. The number of anilines is 1. The molecule has 1 amide bonds. The van der Waals surface area contributed by atoms with Crippen molar-refractivity contribution < 1.29 is 33.6 Å². The summed E-state index contributed by atoms with van der Waals surface area (Å²) in [7, 11) is 1.54. The van der Waals surface area contributed by atoms with Gasteiger partial charge in [0.15, 0.2) is 16.6 Å². The standard InChI is InChI=1S/C33H34N2O7S/c1-5-8-17-42-25-16-11-21(18-26(25)41-7-3)29-28(30(36)20-9-12-22(39-4)13-10-20)31(37)32(38)35(29)33-34-24-15-14-23(40-6-2)19-27(24)43-33/h9-16,18-19,29,36H,5-8,17H2,1-4H3. The van der Waals surface area contributed by atoms with E-state index in [1.54, 1.807) is 49.6 Å². The monoisotopic (exact) mass is 602 g/mol. The topological polar surface area (TPSA) is 107 Å². The number of ether oxygens (including phenoxy) is 4. The van der Waals surface area contributed by atoms with Crippen LogP contribution >= 0.6 is 11.3 Å². The Hall–Kier alpha value is -4.57. The van der Waals surface area contributed by atoms with Gasteiger partial charge < -0.3 is 24.1 Å². The lowest BCUT2D eigenvalue weighted by Gasteiger charge is -2.24. The van der Waals surface area contributed by atoms with E-state index >= 15 is 0 Å². The molecule has 0 bridgehead atoms. The van der Waals surface area contributed by atoms with Gasteiger partial charge in [0, 0.05) is 5.56 Å². The fourth-order valence-corrected chi connectivity index (χ4v) is 5.93. The number of carbonyl (C=O) groups excluding carboxylic acids is 2. The summed E-state index contributed by atoms with van der Waals surface area (Å²) in [6.45, 7) is 7.29. The molecule has 1 aliphatic heterocycles. The zero-order valence-corrected chi connectivity index (χ0v) is 25.4. The minimum absolute atomic E-state index is 0.0495. The summed E-state index contributed by atoms with van der Waals surface area (Å²) in [6, 6.07) is 16.5. The highest BCUT2D eigenvalue weighted by Crippen LogP contribution is 2.46. The Morgan fingerprint density at radius 2 is 1.65 bits per heavy atom. The van der Waals surface area contributed by atoms with E-state index < -0.39 is 17.7 Å². The highest BCUT2D eigenvalue weighted by molar-refractivity contribution is 7.22. The third-order valence-electron chi connectivity index (χ3n) is 7.01. The molecule has 0 saturated carbocycles. The quantitative estimate of drug-likeness (QED) is 0.0807. The Labute approximate surface area is 254 Å². The largest absolute Gasteiger partial charge is 0.507 e. The number of amides is 1. The van der Waals surface area contributed by atoms with Gasteiger partial charge in [-0.1, -0.05) is 30.7 Å². The number of methoxy groups -OCH3 is 1. The molecule has 1 unspecified atom stereocenters. The van der Waals surface area contributed by atoms with Gasteiger partial charge in [-0.2, -0.15) is 0 Å². The average Bonchev–Trinajstić information content (AvgIpc) is 3.55.